The minimum atomic E-state index is -1.25. The maximum Gasteiger partial charge on any atom is 0.331 e. The van der Waals surface area contributed by atoms with Gasteiger partial charge in [-0.25, -0.2) is 4.79 Å². The summed E-state index contributed by atoms with van der Waals surface area (Å²) in [4.78, 5) is 47.3. The highest BCUT2D eigenvalue weighted by molar-refractivity contribution is 8.14. The van der Waals surface area contributed by atoms with Gasteiger partial charge in [0.2, 0.25) is 11.0 Å². The van der Waals surface area contributed by atoms with Crippen LogP contribution in [0.3, 0.4) is 0 Å². The zero-order valence-corrected chi connectivity index (χ0v) is 14.5. The summed E-state index contributed by atoms with van der Waals surface area (Å²) in [6, 6.07) is 0. The van der Waals surface area contributed by atoms with E-state index in [1.54, 1.807) is 13.8 Å². The Kier molecular flexibility index (Phi) is 7.93. The van der Waals surface area contributed by atoms with Gasteiger partial charge >= 0.3 is 5.97 Å². The van der Waals surface area contributed by atoms with E-state index in [-0.39, 0.29) is 24.0 Å². The molecule has 0 fully saturated rings. The molecule has 0 aromatic carbocycles. The smallest absolute Gasteiger partial charge is 0.331 e. The van der Waals surface area contributed by atoms with E-state index < -0.39 is 30.0 Å². The van der Waals surface area contributed by atoms with Gasteiger partial charge in [0.25, 0.3) is 5.91 Å². The molecule has 0 spiro atoms. The third kappa shape index (κ3) is 6.71. The van der Waals surface area contributed by atoms with E-state index in [0.717, 1.165) is 23.9 Å². The summed E-state index contributed by atoms with van der Waals surface area (Å²) >= 11 is 0.953. The van der Waals surface area contributed by atoms with Crippen molar-refractivity contribution < 1.29 is 29.0 Å². The van der Waals surface area contributed by atoms with E-state index in [1.165, 1.54) is 0 Å². The molecule has 0 saturated heterocycles. The summed E-state index contributed by atoms with van der Waals surface area (Å²) < 4.78 is 5.11. The van der Waals surface area contributed by atoms with Crippen molar-refractivity contribution in [3.8, 4) is 0 Å². The fourth-order valence-electron chi connectivity index (χ4n) is 1.81. The molecule has 1 atom stereocenters. The molecule has 0 saturated carbocycles. The number of carbonyl (C=O) groups excluding carboxylic acids is 4. The van der Waals surface area contributed by atoms with Gasteiger partial charge in [0.05, 0.1) is 6.61 Å². The van der Waals surface area contributed by atoms with Crippen LogP contribution in [-0.4, -0.2) is 59.6 Å². The number of aliphatic hydroxyl groups is 1. The fraction of sp³-hybridized carbons (Fsp3) is 0.600. The number of ether oxygens (including phenoxy) is 1. The van der Waals surface area contributed by atoms with Crippen molar-refractivity contribution in [2.45, 2.75) is 26.4 Å². The van der Waals surface area contributed by atoms with Crippen molar-refractivity contribution >= 4 is 34.7 Å². The zero-order chi connectivity index (χ0) is 18.2. The topological polar surface area (TPSA) is 122 Å². The molecule has 2 amide bonds. The Morgan fingerprint density at radius 3 is 2.58 bits per heavy atom. The summed E-state index contributed by atoms with van der Waals surface area (Å²) in [5, 5.41) is 14.2. The first-order valence-corrected chi connectivity index (χ1v) is 8.45. The Balaban J connectivity index is 2.93. The zero-order valence-electron chi connectivity index (χ0n) is 13.7. The minimum absolute atomic E-state index is 0.0584. The molecule has 1 rings (SSSR count). The Bertz CT molecular complexity index is 532. The first kappa shape index (κ1) is 20.2. The summed E-state index contributed by atoms with van der Waals surface area (Å²) in [6.45, 7) is 3.12. The summed E-state index contributed by atoms with van der Waals surface area (Å²) in [7, 11) is 0. The standard InChI is InChI=1S/C15H22N2O6S/c1-15(2,9-18)13-14(22)17-6-5-10(19)16-7-8-24-12(21)4-3-11(20)23-13/h3-4,13,18H,5-9H2,1-2H3,(H,16,19)(H,17,22)/b4-3+/t13-/m0/s1. The average Bonchev–Trinajstić information content (AvgIpc) is 2.53. The van der Waals surface area contributed by atoms with Crippen LogP contribution < -0.4 is 10.6 Å². The van der Waals surface area contributed by atoms with Crippen molar-refractivity contribution in [3.63, 3.8) is 0 Å². The molecule has 1 aliphatic heterocycles. The number of esters is 1. The number of thioether (sulfide) groups is 1. The lowest BCUT2D eigenvalue weighted by atomic mass is 9.86. The predicted molar refractivity (Wildman–Crippen MR) is 88.0 cm³/mol. The van der Waals surface area contributed by atoms with Gasteiger partial charge in [0.1, 0.15) is 0 Å². The van der Waals surface area contributed by atoms with Crippen LogP contribution >= 0.6 is 11.8 Å². The molecule has 1 heterocycles. The largest absolute Gasteiger partial charge is 0.448 e. The molecule has 0 aromatic heterocycles. The van der Waals surface area contributed by atoms with E-state index >= 15 is 0 Å². The van der Waals surface area contributed by atoms with E-state index in [9.17, 15) is 24.3 Å². The lowest BCUT2D eigenvalue weighted by Gasteiger charge is -2.30. The lowest BCUT2D eigenvalue weighted by molar-refractivity contribution is -0.160. The Morgan fingerprint density at radius 2 is 1.92 bits per heavy atom. The van der Waals surface area contributed by atoms with E-state index in [1.807, 2.05) is 0 Å². The Labute approximate surface area is 144 Å². The van der Waals surface area contributed by atoms with Gasteiger partial charge in [-0.2, -0.15) is 0 Å². The molecule has 9 heteroatoms. The molecule has 0 unspecified atom stereocenters. The second-order valence-corrected chi connectivity index (χ2v) is 6.95. The number of carbonyl (C=O) groups is 4. The normalized spacial score (nSPS) is 23.4. The van der Waals surface area contributed by atoms with Gasteiger partial charge in [0, 0.05) is 36.8 Å². The molecular formula is C15H22N2O6S. The van der Waals surface area contributed by atoms with Crippen LogP contribution in [0.1, 0.15) is 20.3 Å². The van der Waals surface area contributed by atoms with Crippen molar-refractivity contribution in [2.24, 2.45) is 5.41 Å². The maximum absolute atomic E-state index is 12.2. The number of hydrogen-bond acceptors (Lipinski definition) is 7. The Morgan fingerprint density at radius 1 is 1.21 bits per heavy atom. The molecule has 3 N–H and O–H groups in total. The van der Waals surface area contributed by atoms with E-state index in [0.29, 0.717) is 12.3 Å². The highest BCUT2D eigenvalue weighted by Gasteiger charge is 2.37. The molecule has 1 aliphatic rings. The highest BCUT2D eigenvalue weighted by Crippen LogP contribution is 2.23. The van der Waals surface area contributed by atoms with Crippen molar-refractivity contribution in [2.75, 3.05) is 25.4 Å². The number of rotatable bonds is 2. The van der Waals surface area contributed by atoms with Gasteiger partial charge < -0.3 is 20.5 Å². The molecule has 8 nitrogen and oxygen atoms in total. The number of hydrogen-bond donors (Lipinski definition) is 3. The monoisotopic (exact) mass is 358 g/mol. The minimum Gasteiger partial charge on any atom is -0.448 e. The molecule has 134 valence electrons. The van der Waals surface area contributed by atoms with Gasteiger partial charge in [0.15, 0.2) is 6.10 Å². The first-order valence-electron chi connectivity index (χ1n) is 7.47. The SMILES string of the molecule is CC(C)(CO)[C@H]1OC(=O)/C=C/C(=O)SCCNC(=O)CCNC1=O. The third-order valence-electron chi connectivity index (χ3n) is 3.26. The quantitative estimate of drug-likeness (QED) is 0.562. The number of aliphatic hydroxyl groups excluding tert-OH is 1. The van der Waals surface area contributed by atoms with Crippen LogP contribution in [0.4, 0.5) is 0 Å². The van der Waals surface area contributed by atoms with Crippen LogP contribution in [0, 0.1) is 5.41 Å². The lowest BCUT2D eigenvalue weighted by Crippen LogP contribution is -2.48. The number of nitrogens with one attached hydrogen (secondary N) is 2. The summed E-state index contributed by atoms with van der Waals surface area (Å²) in [5.41, 5.74) is -1.03. The van der Waals surface area contributed by atoms with Crippen LogP contribution in [-0.2, 0) is 23.9 Å². The molecule has 0 aromatic rings. The summed E-state index contributed by atoms with van der Waals surface area (Å²) in [5.74, 6) is -1.35. The van der Waals surface area contributed by atoms with Crippen LogP contribution in [0.25, 0.3) is 0 Å². The van der Waals surface area contributed by atoms with Crippen molar-refractivity contribution in [1.29, 1.82) is 0 Å². The van der Waals surface area contributed by atoms with Crippen LogP contribution in [0.2, 0.25) is 0 Å². The Hall–Kier alpha value is -1.87. The van der Waals surface area contributed by atoms with Gasteiger partial charge in [-0.15, -0.1) is 0 Å². The van der Waals surface area contributed by atoms with Gasteiger partial charge in [-0.3, -0.25) is 14.4 Å². The summed E-state index contributed by atoms with van der Waals surface area (Å²) in [6.07, 6.45) is 0.801. The van der Waals surface area contributed by atoms with E-state index in [2.05, 4.69) is 10.6 Å². The van der Waals surface area contributed by atoms with E-state index in [4.69, 9.17) is 4.74 Å². The highest BCUT2D eigenvalue weighted by atomic mass is 32.2. The number of amides is 2. The van der Waals surface area contributed by atoms with Crippen LogP contribution in [0.5, 0.6) is 0 Å². The fourth-order valence-corrected chi connectivity index (χ4v) is 2.38. The number of cyclic esters (lactones) is 1. The van der Waals surface area contributed by atoms with Gasteiger partial charge in [-0.1, -0.05) is 25.6 Å². The van der Waals surface area contributed by atoms with Crippen molar-refractivity contribution in [1.82, 2.24) is 10.6 Å². The molecular weight excluding hydrogens is 336 g/mol. The maximum atomic E-state index is 12.2. The van der Waals surface area contributed by atoms with Gasteiger partial charge in [-0.05, 0) is 6.08 Å². The molecule has 0 bridgehead atoms. The first-order chi connectivity index (χ1) is 11.3. The molecule has 24 heavy (non-hydrogen) atoms. The average molecular weight is 358 g/mol. The third-order valence-corrected chi connectivity index (χ3v) is 4.09. The molecule has 0 aliphatic carbocycles. The second-order valence-electron chi connectivity index (χ2n) is 5.86. The van der Waals surface area contributed by atoms with Crippen LogP contribution in [0.15, 0.2) is 12.2 Å². The molecule has 0 radical (unpaired) electrons. The predicted octanol–water partition coefficient (Wildman–Crippen LogP) is -0.631. The van der Waals surface area contributed by atoms with Crippen molar-refractivity contribution in [3.05, 3.63) is 12.2 Å². The second kappa shape index (κ2) is 9.43.